The first-order valence-electron chi connectivity index (χ1n) is 9.33. The number of esters is 1. The molecule has 1 amide bonds. The van der Waals surface area contributed by atoms with E-state index in [1.807, 2.05) is 0 Å². The molecule has 0 bridgehead atoms. The Morgan fingerprint density at radius 1 is 1.07 bits per heavy atom. The zero-order valence-electron chi connectivity index (χ0n) is 15.5. The Bertz CT molecular complexity index is 784. The summed E-state index contributed by atoms with van der Waals surface area (Å²) in [5, 5.41) is 2.72. The number of anilines is 2. The van der Waals surface area contributed by atoms with E-state index in [2.05, 4.69) is 20.2 Å². The van der Waals surface area contributed by atoms with Crippen molar-refractivity contribution in [1.29, 1.82) is 0 Å². The first-order valence-corrected chi connectivity index (χ1v) is 9.33. The number of carbonyl (C=O) groups excluding carboxylic acids is 2. The van der Waals surface area contributed by atoms with E-state index in [1.165, 1.54) is 19.0 Å². The molecule has 0 spiro atoms. The van der Waals surface area contributed by atoms with Gasteiger partial charge in [-0.2, -0.15) is 0 Å². The smallest absolute Gasteiger partial charge is 0.340 e. The van der Waals surface area contributed by atoms with Crippen molar-refractivity contribution in [3.8, 4) is 0 Å². The van der Waals surface area contributed by atoms with Crippen LogP contribution in [0.5, 0.6) is 0 Å². The highest BCUT2D eigenvalue weighted by Crippen LogP contribution is 2.19. The predicted octanol–water partition coefficient (Wildman–Crippen LogP) is 3.29. The summed E-state index contributed by atoms with van der Waals surface area (Å²) >= 11 is 0. The summed E-state index contributed by atoms with van der Waals surface area (Å²) in [6.45, 7) is 3.94. The molecule has 0 radical (unpaired) electrons. The van der Waals surface area contributed by atoms with E-state index in [1.54, 1.807) is 37.4 Å². The summed E-state index contributed by atoms with van der Waals surface area (Å²) in [4.78, 5) is 35.4. The van der Waals surface area contributed by atoms with E-state index in [0.717, 1.165) is 31.7 Å². The first kappa shape index (κ1) is 18.8. The first-order chi connectivity index (χ1) is 13.2. The lowest BCUT2D eigenvalue weighted by Crippen LogP contribution is -2.25. The summed E-state index contributed by atoms with van der Waals surface area (Å²) < 4.78 is 5.03. The number of benzene rings is 1. The van der Waals surface area contributed by atoms with Gasteiger partial charge >= 0.3 is 5.97 Å². The van der Waals surface area contributed by atoms with E-state index in [-0.39, 0.29) is 12.3 Å². The van der Waals surface area contributed by atoms with Crippen LogP contribution in [-0.4, -0.2) is 41.5 Å². The molecule has 1 aromatic carbocycles. The van der Waals surface area contributed by atoms with Crippen LogP contribution < -0.4 is 10.2 Å². The van der Waals surface area contributed by atoms with Crippen LogP contribution in [0.15, 0.2) is 36.7 Å². The van der Waals surface area contributed by atoms with Crippen molar-refractivity contribution in [2.75, 3.05) is 29.9 Å². The maximum Gasteiger partial charge on any atom is 0.340 e. The average Bonchev–Trinajstić information content (AvgIpc) is 2.98. The molecule has 142 valence electrons. The van der Waals surface area contributed by atoms with Crippen molar-refractivity contribution in [3.05, 3.63) is 47.9 Å². The van der Waals surface area contributed by atoms with Gasteiger partial charge in [-0.1, -0.05) is 25.0 Å². The molecule has 0 atom stereocenters. The highest BCUT2D eigenvalue weighted by Gasteiger charge is 2.17. The lowest BCUT2D eigenvalue weighted by molar-refractivity contribution is 0.0527. The van der Waals surface area contributed by atoms with E-state index >= 15 is 0 Å². The van der Waals surface area contributed by atoms with Gasteiger partial charge in [-0.15, -0.1) is 0 Å². The van der Waals surface area contributed by atoms with Crippen LogP contribution in [0.25, 0.3) is 0 Å². The molecular formula is C20H24N4O3. The van der Waals surface area contributed by atoms with Gasteiger partial charge in [0.2, 0.25) is 0 Å². The van der Waals surface area contributed by atoms with Crippen molar-refractivity contribution in [2.45, 2.75) is 32.6 Å². The Labute approximate surface area is 158 Å². The third-order valence-corrected chi connectivity index (χ3v) is 4.47. The molecule has 1 saturated heterocycles. The van der Waals surface area contributed by atoms with Crippen LogP contribution >= 0.6 is 0 Å². The molecule has 1 aromatic heterocycles. The summed E-state index contributed by atoms with van der Waals surface area (Å²) in [6.07, 6.45) is 7.89. The van der Waals surface area contributed by atoms with Crippen LogP contribution in [0.1, 0.15) is 53.5 Å². The van der Waals surface area contributed by atoms with Crippen LogP contribution in [-0.2, 0) is 4.74 Å². The van der Waals surface area contributed by atoms with Crippen LogP contribution in [0.3, 0.4) is 0 Å². The molecule has 1 aliphatic heterocycles. The molecule has 1 fully saturated rings. The molecule has 2 aromatic rings. The molecule has 1 N–H and O–H groups in total. The van der Waals surface area contributed by atoms with E-state index in [9.17, 15) is 9.59 Å². The number of aromatic nitrogens is 2. The zero-order valence-corrected chi connectivity index (χ0v) is 15.5. The quantitative estimate of drug-likeness (QED) is 0.815. The van der Waals surface area contributed by atoms with E-state index in [4.69, 9.17) is 4.74 Å². The summed E-state index contributed by atoms with van der Waals surface area (Å²) in [7, 11) is 0. The molecule has 0 unspecified atom stereocenters. The standard InChI is InChI=1S/C20H24N4O3/c1-2-27-20(26)15-9-5-6-10-16(15)23-19(25)17-13-22-18(14-21-17)24-11-7-3-4-8-12-24/h5-6,9-10,13-14H,2-4,7-8,11-12H2,1H3,(H,23,25). The van der Waals surface area contributed by atoms with Gasteiger partial charge < -0.3 is 15.0 Å². The Hall–Kier alpha value is -2.96. The van der Waals surface area contributed by atoms with Gasteiger partial charge in [-0.3, -0.25) is 4.79 Å². The van der Waals surface area contributed by atoms with Gasteiger partial charge in [-0.05, 0) is 31.9 Å². The number of hydrogen-bond donors (Lipinski definition) is 1. The second-order valence-electron chi connectivity index (χ2n) is 6.38. The lowest BCUT2D eigenvalue weighted by atomic mass is 10.1. The molecule has 27 heavy (non-hydrogen) atoms. The van der Waals surface area contributed by atoms with Crippen molar-refractivity contribution in [2.24, 2.45) is 0 Å². The molecular weight excluding hydrogens is 344 g/mol. The number of ether oxygens (including phenoxy) is 1. The minimum absolute atomic E-state index is 0.201. The Kier molecular flexibility index (Phi) is 6.35. The molecule has 0 saturated carbocycles. The fourth-order valence-electron chi connectivity index (χ4n) is 3.07. The average molecular weight is 368 g/mol. The monoisotopic (exact) mass is 368 g/mol. The summed E-state index contributed by atoms with van der Waals surface area (Å²) in [5.74, 6) is -0.0990. The van der Waals surface area contributed by atoms with Gasteiger partial charge in [0.15, 0.2) is 0 Å². The topological polar surface area (TPSA) is 84.4 Å². The number of amides is 1. The number of nitrogens with one attached hydrogen (secondary N) is 1. The highest BCUT2D eigenvalue weighted by atomic mass is 16.5. The second-order valence-corrected chi connectivity index (χ2v) is 6.38. The largest absolute Gasteiger partial charge is 0.462 e. The number of nitrogens with zero attached hydrogens (tertiary/aromatic N) is 3. The van der Waals surface area contributed by atoms with Gasteiger partial charge in [0.05, 0.1) is 30.3 Å². The van der Waals surface area contributed by atoms with Gasteiger partial charge in [0.1, 0.15) is 11.5 Å². The number of hydrogen-bond acceptors (Lipinski definition) is 6. The van der Waals surface area contributed by atoms with Crippen molar-refractivity contribution in [3.63, 3.8) is 0 Å². The molecule has 2 heterocycles. The Morgan fingerprint density at radius 2 is 1.81 bits per heavy atom. The molecule has 1 aliphatic rings. The van der Waals surface area contributed by atoms with Crippen molar-refractivity contribution >= 4 is 23.4 Å². The third kappa shape index (κ3) is 4.81. The summed E-state index contributed by atoms with van der Waals surface area (Å²) in [5.41, 5.74) is 0.897. The van der Waals surface area contributed by atoms with Gasteiger partial charge in [0.25, 0.3) is 5.91 Å². The maximum atomic E-state index is 12.5. The Morgan fingerprint density at radius 3 is 2.48 bits per heavy atom. The molecule has 0 aliphatic carbocycles. The normalized spacial score (nSPS) is 14.3. The molecule has 7 heteroatoms. The third-order valence-electron chi connectivity index (χ3n) is 4.47. The number of carbonyl (C=O) groups is 2. The molecule has 3 rings (SSSR count). The van der Waals surface area contributed by atoms with Crippen LogP contribution in [0.4, 0.5) is 11.5 Å². The minimum atomic E-state index is -0.476. The number of para-hydroxylation sites is 1. The number of rotatable bonds is 5. The fourth-order valence-corrected chi connectivity index (χ4v) is 3.07. The van der Waals surface area contributed by atoms with Crippen LogP contribution in [0.2, 0.25) is 0 Å². The molecule has 7 nitrogen and oxygen atoms in total. The highest BCUT2D eigenvalue weighted by molar-refractivity contribution is 6.06. The predicted molar refractivity (Wildman–Crippen MR) is 103 cm³/mol. The zero-order chi connectivity index (χ0) is 19.1. The van der Waals surface area contributed by atoms with E-state index in [0.29, 0.717) is 11.3 Å². The Balaban J connectivity index is 1.71. The fraction of sp³-hybridized carbons (Fsp3) is 0.400. The SMILES string of the molecule is CCOC(=O)c1ccccc1NC(=O)c1cnc(N2CCCCCC2)cn1. The van der Waals surface area contributed by atoms with Crippen LogP contribution in [0, 0.1) is 0 Å². The minimum Gasteiger partial charge on any atom is -0.462 e. The van der Waals surface area contributed by atoms with Crippen molar-refractivity contribution in [1.82, 2.24) is 9.97 Å². The van der Waals surface area contributed by atoms with Gasteiger partial charge in [0, 0.05) is 13.1 Å². The van der Waals surface area contributed by atoms with Gasteiger partial charge in [-0.25, -0.2) is 14.8 Å². The van der Waals surface area contributed by atoms with E-state index < -0.39 is 11.9 Å². The maximum absolute atomic E-state index is 12.5. The lowest BCUT2D eigenvalue weighted by Gasteiger charge is -2.20. The van der Waals surface area contributed by atoms with Crippen molar-refractivity contribution < 1.29 is 14.3 Å². The second kappa shape index (κ2) is 9.12. The summed E-state index contributed by atoms with van der Waals surface area (Å²) in [6, 6.07) is 6.73.